The van der Waals surface area contributed by atoms with Gasteiger partial charge in [-0.05, 0) is 30.9 Å². The van der Waals surface area contributed by atoms with E-state index in [2.05, 4.69) is 20.6 Å². The van der Waals surface area contributed by atoms with Crippen molar-refractivity contribution in [1.29, 1.82) is 0 Å². The number of rotatable bonds is 3. The van der Waals surface area contributed by atoms with Crippen molar-refractivity contribution in [3.63, 3.8) is 0 Å². The molecule has 0 unspecified atom stereocenters. The zero-order chi connectivity index (χ0) is 13.1. The summed E-state index contributed by atoms with van der Waals surface area (Å²) in [6.07, 6.45) is 7.00. The van der Waals surface area contributed by atoms with Crippen molar-refractivity contribution in [2.45, 2.75) is 19.3 Å². The molecule has 1 saturated carbocycles. The second kappa shape index (κ2) is 5.22. The molecular weight excluding hydrogens is 240 g/mol. The summed E-state index contributed by atoms with van der Waals surface area (Å²) in [5.41, 5.74) is 2.18. The predicted octanol–water partition coefficient (Wildman–Crippen LogP) is 2.55. The third kappa shape index (κ3) is 2.65. The number of nitrogens with one attached hydrogen (secondary N) is 2. The number of anilines is 1. The Balaban J connectivity index is 1.68. The van der Waals surface area contributed by atoms with E-state index in [0.29, 0.717) is 17.1 Å². The number of aromatic nitrogens is 2. The maximum absolute atomic E-state index is 11.8. The molecule has 0 bridgehead atoms. The fraction of sp³-hybridized carbons (Fsp3) is 0.357. The largest absolute Gasteiger partial charge is 0.338 e. The van der Waals surface area contributed by atoms with E-state index < -0.39 is 0 Å². The molecule has 1 aliphatic carbocycles. The Morgan fingerprint density at radius 2 is 2.11 bits per heavy atom. The van der Waals surface area contributed by atoms with E-state index in [-0.39, 0.29) is 6.03 Å². The number of fused-ring (bicyclic) bond motifs is 1. The molecule has 0 radical (unpaired) electrons. The first-order valence-corrected chi connectivity index (χ1v) is 6.57. The molecule has 3 rings (SSSR count). The Labute approximate surface area is 111 Å². The highest BCUT2D eigenvalue weighted by molar-refractivity contribution is 5.98. The molecule has 5 heteroatoms. The second-order valence-corrected chi connectivity index (χ2v) is 4.86. The van der Waals surface area contributed by atoms with E-state index in [4.69, 9.17) is 0 Å². The van der Waals surface area contributed by atoms with Crippen LogP contribution in [0.5, 0.6) is 0 Å². The van der Waals surface area contributed by atoms with Gasteiger partial charge in [0, 0.05) is 18.9 Å². The minimum absolute atomic E-state index is 0.176. The predicted molar refractivity (Wildman–Crippen MR) is 73.9 cm³/mol. The van der Waals surface area contributed by atoms with Crippen LogP contribution < -0.4 is 10.6 Å². The molecule has 19 heavy (non-hydrogen) atoms. The van der Waals surface area contributed by atoms with E-state index in [1.165, 1.54) is 19.3 Å². The average Bonchev–Trinajstić information content (AvgIpc) is 2.37. The molecule has 0 atom stereocenters. The van der Waals surface area contributed by atoms with Crippen molar-refractivity contribution in [1.82, 2.24) is 15.3 Å². The SMILES string of the molecule is O=C(NCC1CCC1)Nc1cccc2nccnc12. The van der Waals surface area contributed by atoms with Gasteiger partial charge in [0.2, 0.25) is 0 Å². The Bertz CT molecular complexity index is 590. The fourth-order valence-corrected chi connectivity index (χ4v) is 2.19. The lowest BCUT2D eigenvalue weighted by Crippen LogP contribution is -2.35. The molecule has 0 spiro atoms. The minimum atomic E-state index is -0.176. The van der Waals surface area contributed by atoms with Crippen LogP contribution in [0.1, 0.15) is 19.3 Å². The number of amides is 2. The van der Waals surface area contributed by atoms with Gasteiger partial charge < -0.3 is 10.6 Å². The van der Waals surface area contributed by atoms with Gasteiger partial charge in [0.05, 0.1) is 11.2 Å². The number of carbonyl (C=O) groups excluding carboxylic acids is 1. The number of para-hydroxylation sites is 1. The Morgan fingerprint density at radius 1 is 1.26 bits per heavy atom. The number of urea groups is 1. The van der Waals surface area contributed by atoms with Gasteiger partial charge in [-0.1, -0.05) is 12.5 Å². The van der Waals surface area contributed by atoms with Crippen LogP contribution in [0, 0.1) is 5.92 Å². The topological polar surface area (TPSA) is 66.9 Å². The summed E-state index contributed by atoms with van der Waals surface area (Å²) in [6.45, 7) is 0.752. The molecule has 98 valence electrons. The molecule has 0 saturated heterocycles. The first-order chi connectivity index (χ1) is 9.33. The molecule has 2 aromatic rings. The van der Waals surface area contributed by atoms with Crippen molar-refractivity contribution in [3.8, 4) is 0 Å². The van der Waals surface area contributed by atoms with E-state index in [0.717, 1.165) is 12.1 Å². The summed E-state index contributed by atoms with van der Waals surface area (Å²) in [4.78, 5) is 20.3. The van der Waals surface area contributed by atoms with Crippen LogP contribution in [0.15, 0.2) is 30.6 Å². The third-order valence-corrected chi connectivity index (χ3v) is 3.52. The standard InChI is InChI=1S/C14H16N4O/c19-14(17-9-10-3-1-4-10)18-12-6-2-5-11-13(12)16-8-7-15-11/h2,5-8,10H,1,3-4,9H2,(H2,17,18,19). The monoisotopic (exact) mass is 256 g/mol. The van der Waals surface area contributed by atoms with E-state index in [1.807, 2.05) is 18.2 Å². The zero-order valence-corrected chi connectivity index (χ0v) is 10.6. The van der Waals surface area contributed by atoms with Gasteiger partial charge >= 0.3 is 6.03 Å². The Kier molecular flexibility index (Phi) is 3.27. The third-order valence-electron chi connectivity index (χ3n) is 3.52. The van der Waals surface area contributed by atoms with Gasteiger partial charge in [-0.2, -0.15) is 0 Å². The van der Waals surface area contributed by atoms with Crippen LogP contribution >= 0.6 is 0 Å². The van der Waals surface area contributed by atoms with E-state index in [1.54, 1.807) is 12.4 Å². The van der Waals surface area contributed by atoms with Crippen molar-refractivity contribution in [2.75, 3.05) is 11.9 Å². The van der Waals surface area contributed by atoms with Crippen LogP contribution in [0.3, 0.4) is 0 Å². The smallest absolute Gasteiger partial charge is 0.319 e. The molecule has 1 fully saturated rings. The summed E-state index contributed by atoms with van der Waals surface area (Å²) in [5, 5.41) is 5.74. The van der Waals surface area contributed by atoms with Crippen molar-refractivity contribution >= 4 is 22.8 Å². The van der Waals surface area contributed by atoms with Crippen LogP contribution in [-0.4, -0.2) is 22.5 Å². The van der Waals surface area contributed by atoms with Crippen molar-refractivity contribution in [2.24, 2.45) is 5.92 Å². The summed E-state index contributed by atoms with van der Waals surface area (Å²) < 4.78 is 0. The van der Waals surface area contributed by atoms with Gasteiger partial charge in [0.25, 0.3) is 0 Å². The van der Waals surface area contributed by atoms with Crippen LogP contribution in [0.4, 0.5) is 10.5 Å². The normalized spacial score (nSPS) is 14.9. The molecule has 0 aliphatic heterocycles. The molecule has 5 nitrogen and oxygen atoms in total. The van der Waals surface area contributed by atoms with E-state index in [9.17, 15) is 4.79 Å². The lowest BCUT2D eigenvalue weighted by Gasteiger charge is -2.25. The van der Waals surface area contributed by atoms with Crippen LogP contribution in [0.25, 0.3) is 11.0 Å². The molecule has 1 aromatic carbocycles. The van der Waals surface area contributed by atoms with Crippen molar-refractivity contribution in [3.05, 3.63) is 30.6 Å². The van der Waals surface area contributed by atoms with Crippen LogP contribution in [-0.2, 0) is 0 Å². The summed E-state index contributed by atoms with van der Waals surface area (Å²) >= 11 is 0. The first kappa shape index (κ1) is 11.9. The van der Waals surface area contributed by atoms with Gasteiger partial charge in [-0.15, -0.1) is 0 Å². The first-order valence-electron chi connectivity index (χ1n) is 6.57. The highest BCUT2D eigenvalue weighted by atomic mass is 16.2. The number of carbonyl (C=O) groups is 1. The number of nitrogens with zero attached hydrogens (tertiary/aromatic N) is 2. The number of benzene rings is 1. The lowest BCUT2D eigenvalue weighted by atomic mass is 9.85. The van der Waals surface area contributed by atoms with E-state index >= 15 is 0 Å². The summed E-state index contributed by atoms with van der Waals surface area (Å²) in [7, 11) is 0. The molecule has 1 aromatic heterocycles. The molecule has 2 N–H and O–H groups in total. The number of hydrogen-bond acceptors (Lipinski definition) is 3. The van der Waals surface area contributed by atoms with Gasteiger partial charge in [0.15, 0.2) is 0 Å². The highest BCUT2D eigenvalue weighted by Crippen LogP contribution is 2.25. The quantitative estimate of drug-likeness (QED) is 0.886. The minimum Gasteiger partial charge on any atom is -0.338 e. The molecule has 1 aliphatic rings. The fourth-order valence-electron chi connectivity index (χ4n) is 2.19. The Hall–Kier alpha value is -2.17. The molecule has 1 heterocycles. The average molecular weight is 256 g/mol. The zero-order valence-electron chi connectivity index (χ0n) is 10.6. The van der Waals surface area contributed by atoms with Gasteiger partial charge in [0.1, 0.15) is 5.52 Å². The van der Waals surface area contributed by atoms with Gasteiger partial charge in [-0.3, -0.25) is 9.97 Å². The highest BCUT2D eigenvalue weighted by Gasteiger charge is 2.18. The molecular formula is C14H16N4O. The number of hydrogen-bond donors (Lipinski definition) is 2. The summed E-state index contributed by atoms with van der Waals surface area (Å²) in [6, 6.07) is 5.39. The van der Waals surface area contributed by atoms with Gasteiger partial charge in [-0.25, -0.2) is 4.79 Å². The maximum atomic E-state index is 11.8. The molecule has 2 amide bonds. The summed E-state index contributed by atoms with van der Waals surface area (Å²) in [5.74, 6) is 0.651. The van der Waals surface area contributed by atoms with Crippen molar-refractivity contribution < 1.29 is 4.79 Å². The van der Waals surface area contributed by atoms with Crippen LogP contribution in [0.2, 0.25) is 0 Å². The Morgan fingerprint density at radius 3 is 2.89 bits per heavy atom. The second-order valence-electron chi connectivity index (χ2n) is 4.86. The maximum Gasteiger partial charge on any atom is 0.319 e. The lowest BCUT2D eigenvalue weighted by molar-refractivity contribution is 0.243.